The van der Waals surface area contributed by atoms with Crippen LogP contribution in [0.3, 0.4) is 0 Å². The second-order valence-corrected chi connectivity index (χ2v) is 8.07. The molecule has 3 aromatic heterocycles. The molecule has 0 unspecified atom stereocenters. The van der Waals surface area contributed by atoms with Crippen LogP contribution < -0.4 is 9.64 Å². The first kappa shape index (κ1) is 22.1. The minimum Gasteiger partial charge on any atom is -0.422 e. The minimum atomic E-state index is -2.83. The van der Waals surface area contributed by atoms with Gasteiger partial charge in [-0.15, -0.1) is 0 Å². The van der Waals surface area contributed by atoms with Gasteiger partial charge in [0.2, 0.25) is 11.9 Å². The SMILES string of the molecule is FC(F)c1nc2ccccc2n1-c1nc(Oc2ccccc2-n2cccc2)nc(N2CCOCC2)n1. The van der Waals surface area contributed by atoms with Gasteiger partial charge in [-0.2, -0.15) is 15.0 Å². The highest BCUT2D eigenvalue weighted by Gasteiger charge is 2.25. The molecule has 0 radical (unpaired) electrons. The number of ether oxygens (including phenoxy) is 2. The van der Waals surface area contributed by atoms with Gasteiger partial charge in [0.15, 0.2) is 11.6 Å². The number of rotatable bonds is 6. The van der Waals surface area contributed by atoms with Crippen LogP contribution in [0.25, 0.3) is 22.7 Å². The number of morpholine rings is 1. The molecule has 1 aliphatic heterocycles. The van der Waals surface area contributed by atoms with E-state index in [9.17, 15) is 8.78 Å². The van der Waals surface area contributed by atoms with Crippen LogP contribution in [0.2, 0.25) is 0 Å². The van der Waals surface area contributed by atoms with E-state index >= 15 is 0 Å². The fourth-order valence-electron chi connectivity index (χ4n) is 4.14. The van der Waals surface area contributed by atoms with Gasteiger partial charge in [0.25, 0.3) is 6.43 Å². The maximum absolute atomic E-state index is 14.0. The van der Waals surface area contributed by atoms with Crippen LogP contribution in [0.4, 0.5) is 14.7 Å². The average molecular weight is 489 g/mol. The minimum absolute atomic E-state index is 0.00365. The van der Waals surface area contributed by atoms with Crippen molar-refractivity contribution < 1.29 is 18.3 Å². The van der Waals surface area contributed by atoms with Crippen molar-refractivity contribution in [2.45, 2.75) is 6.43 Å². The van der Waals surface area contributed by atoms with Crippen molar-refractivity contribution in [3.05, 3.63) is 78.9 Å². The maximum atomic E-state index is 14.0. The number of fused-ring (bicyclic) bond motifs is 1. The molecule has 0 saturated carbocycles. The smallest absolute Gasteiger partial charge is 0.328 e. The Hall–Kier alpha value is -4.38. The van der Waals surface area contributed by atoms with Gasteiger partial charge >= 0.3 is 6.01 Å². The van der Waals surface area contributed by atoms with E-state index in [1.807, 2.05) is 52.2 Å². The van der Waals surface area contributed by atoms with E-state index < -0.39 is 12.2 Å². The molecule has 182 valence electrons. The summed E-state index contributed by atoms with van der Waals surface area (Å²) >= 11 is 0. The van der Waals surface area contributed by atoms with Gasteiger partial charge in [-0.25, -0.2) is 13.8 Å². The van der Waals surface area contributed by atoms with Crippen LogP contribution in [0.5, 0.6) is 11.8 Å². The van der Waals surface area contributed by atoms with Gasteiger partial charge in [-0.1, -0.05) is 24.3 Å². The second kappa shape index (κ2) is 9.34. The Kier molecular flexibility index (Phi) is 5.74. The molecular formula is C25H21F2N7O2. The summed E-state index contributed by atoms with van der Waals surface area (Å²) in [6.45, 7) is 2.11. The lowest BCUT2D eigenvalue weighted by Gasteiger charge is -2.27. The third kappa shape index (κ3) is 4.13. The molecule has 0 aliphatic carbocycles. The maximum Gasteiger partial charge on any atom is 0.328 e. The quantitative estimate of drug-likeness (QED) is 0.346. The van der Waals surface area contributed by atoms with Crippen LogP contribution in [0, 0.1) is 0 Å². The lowest BCUT2D eigenvalue weighted by molar-refractivity contribution is 0.122. The van der Waals surface area contributed by atoms with Crippen LogP contribution in [0.15, 0.2) is 73.1 Å². The van der Waals surface area contributed by atoms with Crippen LogP contribution in [-0.2, 0) is 4.74 Å². The summed E-state index contributed by atoms with van der Waals surface area (Å²) in [6, 6.07) is 18.1. The molecule has 0 N–H and O–H groups in total. The highest BCUT2D eigenvalue weighted by atomic mass is 19.3. The number of nitrogens with zero attached hydrogens (tertiary/aromatic N) is 7. The lowest BCUT2D eigenvalue weighted by Crippen LogP contribution is -2.37. The van der Waals surface area contributed by atoms with Crippen molar-refractivity contribution in [3.63, 3.8) is 0 Å². The fourth-order valence-corrected chi connectivity index (χ4v) is 4.14. The normalized spacial score (nSPS) is 14.0. The van der Waals surface area contributed by atoms with Crippen LogP contribution in [-0.4, -0.2) is 55.4 Å². The van der Waals surface area contributed by atoms with Crippen molar-refractivity contribution in [2.24, 2.45) is 0 Å². The number of alkyl halides is 2. The summed E-state index contributed by atoms with van der Waals surface area (Å²) in [6.07, 6.45) is 0.958. The number of para-hydroxylation sites is 4. The van der Waals surface area contributed by atoms with Crippen LogP contribution in [0.1, 0.15) is 12.2 Å². The van der Waals surface area contributed by atoms with Crippen LogP contribution >= 0.6 is 0 Å². The molecule has 0 atom stereocenters. The molecule has 2 aromatic carbocycles. The first-order valence-electron chi connectivity index (χ1n) is 11.4. The summed E-state index contributed by atoms with van der Waals surface area (Å²) in [4.78, 5) is 19.6. The largest absolute Gasteiger partial charge is 0.422 e. The molecule has 1 aliphatic rings. The zero-order chi connectivity index (χ0) is 24.5. The molecule has 5 aromatic rings. The molecule has 11 heteroatoms. The van der Waals surface area contributed by atoms with E-state index in [2.05, 4.69) is 19.9 Å². The average Bonchev–Trinajstić information content (AvgIpc) is 3.58. The highest BCUT2D eigenvalue weighted by molar-refractivity contribution is 5.77. The number of hydrogen-bond acceptors (Lipinski definition) is 7. The summed E-state index contributed by atoms with van der Waals surface area (Å²) in [7, 11) is 0. The number of halogens is 2. The zero-order valence-electron chi connectivity index (χ0n) is 19.0. The Bertz CT molecular complexity index is 1500. The monoisotopic (exact) mass is 489 g/mol. The number of anilines is 1. The summed E-state index contributed by atoms with van der Waals surface area (Å²) in [5.41, 5.74) is 1.66. The fraction of sp³-hybridized carbons (Fsp3) is 0.200. The molecule has 1 saturated heterocycles. The Balaban J connectivity index is 1.50. The predicted octanol–water partition coefficient (Wildman–Crippen LogP) is 4.57. The van der Waals surface area contributed by atoms with Gasteiger partial charge < -0.3 is 18.9 Å². The molecule has 6 rings (SSSR count). The molecule has 1 fully saturated rings. The Labute approximate surface area is 204 Å². The van der Waals surface area contributed by atoms with E-state index in [4.69, 9.17) is 9.47 Å². The molecule has 9 nitrogen and oxygen atoms in total. The van der Waals surface area contributed by atoms with Crippen molar-refractivity contribution in [1.82, 2.24) is 29.1 Å². The first-order valence-corrected chi connectivity index (χ1v) is 11.4. The van der Waals surface area contributed by atoms with Crippen molar-refractivity contribution in [2.75, 3.05) is 31.2 Å². The standard InChI is InChI=1S/C25H21F2N7O2/c26-21(27)22-28-17-7-1-2-8-18(17)34(22)24-29-23(33-13-15-35-16-14-33)30-25(31-24)36-20-10-4-3-9-19(20)32-11-5-6-12-32/h1-12,21H,13-16H2. The van der Waals surface area contributed by atoms with E-state index in [0.717, 1.165) is 5.69 Å². The Morgan fingerprint density at radius 3 is 2.33 bits per heavy atom. The van der Waals surface area contributed by atoms with E-state index in [-0.39, 0.29) is 12.0 Å². The molecule has 0 bridgehead atoms. The molecule has 0 spiro atoms. The van der Waals surface area contributed by atoms with Gasteiger partial charge in [0.05, 0.1) is 29.9 Å². The Morgan fingerprint density at radius 1 is 0.806 bits per heavy atom. The van der Waals surface area contributed by atoms with E-state index in [0.29, 0.717) is 49.0 Å². The highest BCUT2D eigenvalue weighted by Crippen LogP contribution is 2.30. The molecule has 36 heavy (non-hydrogen) atoms. The van der Waals surface area contributed by atoms with Gasteiger partial charge in [0.1, 0.15) is 0 Å². The third-order valence-corrected chi connectivity index (χ3v) is 5.82. The van der Waals surface area contributed by atoms with Crippen molar-refractivity contribution in [3.8, 4) is 23.4 Å². The summed E-state index contributed by atoms with van der Waals surface area (Å²) in [5, 5.41) is 0. The Morgan fingerprint density at radius 2 is 1.53 bits per heavy atom. The number of imidazole rings is 1. The summed E-state index contributed by atoms with van der Waals surface area (Å²) in [5.74, 6) is 0.371. The van der Waals surface area contributed by atoms with Gasteiger partial charge in [0, 0.05) is 25.5 Å². The topological polar surface area (TPSA) is 83.1 Å². The van der Waals surface area contributed by atoms with Crippen molar-refractivity contribution >= 4 is 17.0 Å². The van der Waals surface area contributed by atoms with Gasteiger partial charge in [-0.05, 0) is 36.4 Å². The lowest BCUT2D eigenvalue weighted by atomic mass is 10.3. The second-order valence-electron chi connectivity index (χ2n) is 8.07. The first-order chi connectivity index (χ1) is 17.7. The number of benzene rings is 2. The van der Waals surface area contributed by atoms with Gasteiger partial charge in [-0.3, -0.25) is 4.57 Å². The van der Waals surface area contributed by atoms with E-state index in [1.54, 1.807) is 30.3 Å². The van der Waals surface area contributed by atoms with Crippen molar-refractivity contribution in [1.29, 1.82) is 0 Å². The molecule has 4 heterocycles. The predicted molar refractivity (Wildman–Crippen MR) is 128 cm³/mol. The number of hydrogen-bond donors (Lipinski definition) is 0. The zero-order valence-corrected chi connectivity index (χ0v) is 19.0. The molecular weight excluding hydrogens is 468 g/mol. The number of aromatic nitrogens is 6. The summed E-state index contributed by atoms with van der Waals surface area (Å²) < 4.78 is 42.9. The molecule has 0 amide bonds. The third-order valence-electron chi connectivity index (χ3n) is 5.82. The van der Waals surface area contributed by atoms with E-state index in [1.165, 1.54) is 4.57 Å².